The molecule has 0 bridgehead atoms. The third-order valence-corrected chi connectivity index (χ3v) is 5.56. The number of ether oxygens (including phenoxy) is 2. The molecule has 0 saturated carbocycles. The fourth-order valence-corrected chi connectivity index (χ4v) is 3.85. The largest absolute Gasteiger partial charge is 0.477 e. The topological polar surface area (TPSA) is 77.5 Å². The third-order valence-electron chi connectivity index (χ3n) is 5.56. The molecule has 6 nitrogen and oxygen atoms in total. The lowest BCUT2D eigenvalue weighted by atomic mass is 9.86. The highest BCUT2D eigenvalue weighted by Gasteiger charge is 2.41. The lowest BCUT2D eigenvalue weighted by molar-refractivity contribution is -0.132. The van der Waals surface area contributed by atoms with Gasteiger partial charge in [0.2, 0.25) is 0 Å². The fraction of sp³-hybridized carbons (Fsp3) is 0.435. The van der Waals surface area contributed by atoms with Crippen LogP contribution in [0, 0.1) is 34.6 Å². The summed E-state index contributed by atoms with van der Waals surface area (Å²) in [5.41, 5.74) is 4.46. The van der Waals surface area contributed by atoms with Crippen LogP contribution >= 0.6 is 0 Å². The maximum atomic E-state index is 13.1. The summed E-state index contributed by atoms with van der Waals surface area (Å²) in [7, 11) is 0. The number of hydrogen-bond acceptors (Lipinski definition) is 5. The first kappa shape index (κ1) is 20.8. The SMILES string of the molecule is CC(=O)Oc1c(C)c(C)c2c(c1C)CCC(C)(C(=O)Nc1cc(C)cc(C)n1)O2. The van der Waals surface area contributed by atoms with Gasteiger partial charge in [-0.1, -0.05) is 0 Å². The minimum Gasteiger partial charge on any atom is -0.477 e. The normalized spacial score (nSPS) is 17.9. The summed E-state index contributed by atoms with van der Waals surface area (Å²) in [6, 6.07) is 3.80. The van der Waals surface area contributed by atoms with Crippen LogP contribution in [0.15, 0.2) is 12.1 Å². The first-order valence-electron chi connectivity index (χ1n) is 9.78. The van der Waals surface area contributed by atoms with Crippen LogP contribution in [0.5, 0.6) is 11.5 Å². The first-order chi connectivity index (χ1) is 13.5. The molecule has 1 N–H and O–H groups in total. The number of anilines is 1. The molecule has 3 rings (SSSR count). The van der Waals surface area contributed by atoms with Crippen LogP contribution in [-0.4, -0.2) is 22.5 Å². The van der Waals surface area contributed by atoms with E-state index in [-0.39, 0.29) is 11.9 Å². The predicted molar refractivity (Wildman–Crippen MR) is 112 cm³/mol. The van der Waals surface area contributed by atoms with Crippen molar-refractivity contribution in [2.45, 2.75) is 66.9 Å². The van der Waals surface area contributed by atoms with Crippen molar-refractivity contribution >= 4 is 17.7 Å². The number of fused-ring (bicyclic) bond motifs is 1. The van der Waals surface area contributed by atoms with Crippen molar-refractivity contribution in [3.8, 4) is 11.5 Å². The Hall–Kier alpha value is -2.89. The molecule has 1 aliphatic rings. The van der Waals surface area contributed by atoms with E-state index in [1.54, 1.807) is 6.92 Å². The van der Waals surface area contributed by atoms with Gasteiger partial charge >= 0.3 is 5.97 Å². The molecule has 1 aromatic heterocycles. The van der Waals surface area contributed by atoms with Crippen LogP contribution in [0.3, 0.4) is 0 Å². The van der Waals surface area contributed by atoms with Crippen molar-refractivity contribution in [2.24, 2.45) is 0 Å². The summed E-state index contributed by atoms with van der Waals surface area (Å²) in [4.78, 5) is 29.0. The second-order valence-electron chi connectivity index (χ2n) is 8.06. The number of aryl methyl sites for hydroxylation is 2. The van der Waals surface area contributed by atoms with Gasteiger partial charge in [-0.15, -0.1) is 0 Å². The maximum absolute atomic E-state index is 13.1. The van der Waals surface area contributed by atoms with Crippen molar-refractivity contribution in [1.29, 1.82) is 0 Å². The Kier molecular flexibility index (Phi) is 5.39. The molecule has 0 radical (unpaired) electrons. The number of benzene rings is 1. The van der Waals surface area contributed by atoms with Gasteiger partial charge in [-0.25, -0.2) is 4.98 Å². The molecule has 1 aromatic carbocycles. The number of carbonyl (C=O) groups is 2. The zero-order valence-electron chi connectivity index (χ0n) is 18.1. The molecular weight excluding hydrogens is 368 g/mol. The Morgan fingerprint density at radius 3 is 2.41 bits per heavy atom. The van der Waals surface area contributed by atoms with E-state index in [0.717, 1.165) is 33.5 Å². The Morgan fingerprint density at radius 2 is 1.79 bits per heavy atom. The van der Waals surface area contributed by atoms with Crippen molar-refractivity contribution < 1.29 is 19.1 Å². The van der Waals surface area contributed by atoms with E-state index in [2.05, 4.69) is 10.3 Å². The number of hydrogen-bond donors (Lipinski definition) is 1. The number of rotatable bonds is 3. The maximum Gasteiger partial charge on any atom is 0.308 e. The molecule has 29 heavy (non-hydrogen) atoms. The zero-order valence-corrected chi connectivity index (χ0v) is 18.1. The van der Waals surface area contributed by atoms with Crippen molar-refractivity contribution in [3.05, 3.63) is 45.6 Å². The summed E-state index contributed by atoms with van der Waals surface area (Å²) in [5, 5.41) is 2.91. The molecular formula is C23H28N2O4. The highest BCUT2D eigenvalue weighted by atomic mass is 16.5. The van der Waals surface area contributed by atoms with Gasteiger partial charge in [0, 0.05) is 24.6 Å². The number of amides is 1. The average molecular weight is 396 g/mol. The van der Waals surface area contributed by atoms with Crippen LogP contribution in [0.4, 0.5) is 5.82 Å². The second kappa shape index (κ2) is 7.50. The highest BCUT2D eigenvalue weighted by Crippen LogP contribution is 2.44. The number of aromatic nitrogens is 1. The van der Waals surface area contributed by atoms with Crippen LogP contribution in [0.2, 0.25) is 0 Å². The van der Waals surface area contributed by atoms with Crippen molar-refractivity contribution in [1.82, 2.24) is 4.98 Å². The smallest absolute Gasteiger partial charge is 0.308 e. The van der Waals surface area contributed by atoms with Gasteiger partial charge in [0.15, 0.2) is 5.60 Å². The van der Waals surface area contributed by atoms with Crippen LogP contribution in [-0.2, 0) is 16.0 Å². The lowest BCUT2D eigenvalue weighted by Crippen LogP contribution is -2.48. The van der Waals surface area contributed by atoms with Gasteiger partial charge in [0.05, 0.1) is 0 Å². The van der Waals surface area contributed by atoms with Gasteiger partial charge < -0.3 is 14.8 Å². The highest BCUT2D eigenvalue weighted by molar-refractivity contribution is 5.97. The molecule has 1 unspecified atom stereocenters. The van der Waals surface area contributed by atoms with E-state index in [9.17, 15) is 9.59 Å². The van der Waals surface area contributed by atoms with E-state index in [1.165, 1.54) is 6.92 Å². The van der Waals surface area contributed by atoms with Crippen molar-refractivity contribution in [2.75, 3.05) is 5.32 Å². The van der Waals surface area contributed by atoms with E-state index in [4.69, 9.17) is 9.47 Å². The molecule has 1 amide bonds. The van der Waals surface area contributed by atoms with Gasteiger partial charge in [0.1, 0.15) is 17.3 Å². The van der Waals surface area contributed by atoms with Gasteiger partial charge in [0.25, 0.3) is 5.91 Å². The molecule has 0 spiro atoms. The Balaban J connectivity index is 1.93. The Labute approximate surface area is 171 Å². The number of esters is 1. The standard InChI is InChI=1S/C23H28N2O4/c1-12-10-13(2)24-19(11-12)25-22(27)23(7)9-8-18-16(5)20(28-17(6)26)14(3)15(4)21(18)29-23/h10-11H,8-9H2,1-7H3,(H,24,25,27). The quantitative estimate of drug-likeness (QED) is 0.619. The van der Waals surface area contributed by atoms with Gasteiger partial charge in [-0.3, -0.25) is 9.59 Å². The molecule has 1 aliphatic heterocycles. The zero-order chi connectivity index (χ0) is 21.5. The lowest BCUT2D eigenvalue weighted by Gasteiger charge is -2.36. The van der Waals surface area contributed by atoms with Gasteiger partial charge in [-0.2, -0.15) is 0 Å². The Morgan fingerprint density at radius 1 is 1.10 bits per heavy atom. The van der Waals surface area contributed by atoms with E-state index in [1.807, 2.05) is 46.8 Å². The average Bonchev–Trinajstić information content (AvgIpc) is 2.62. The third kappa shape index (κ3) is 3.97. The fourth-order valence-electron chi connectivity index (χ4n) is 3.85. The molecule has 154 valence electrons. The van der Waals surface area contributed by atoms with Crippen LogP contribution < -0.4 is 14.8 Å². The minimum atomic E-state index is -1.01. The predicted octanol–water partition coefficient (Wildman–Crippen LogP) is 4.27. The second-order valence-corrected chi connectivity index (χ2v) is 8.06. The number of pyridine rings is 1. The molecule has 0 fully saturated rings. The molecule has 2 aromatic rings. The summed E-state index contributed by atoms with van der Waals surface area (Å²) >= 11 is 0. The summed E-state index contributed by atoms with van der Waals surface area (Å²) < 4.78 is 11.7. The number of carbonyl (C=O) groups excluding carboxylic acids is 2. The van der Waals surface area contributed by atoms with Crippen LogP contribution in [0.25, 0.3) is 0 Å². The minimum absolute atomic E-state index is 0.223. The summed E-state index contributed by atoms with van der Waals surface area (Å²) in [5.74, 6) is 1.24. The van der Waals surface area contributed by atoms with E-state index < -0.39 is 5.60 Å². The van der Waals surface area contributed by atoms with E-state index >= 15 is 0 Å². The van der Waals surface area contributed by atoms with E-state index in [0.29, 0.717) is 30.2 Å². The molecule has 0 saturated heterocycles. The van der Waals surface area contributed by atoms with Gasteiger partial charge in [-0.05, 0) is 82.3 Å². The summed E-state index contributed by atoms with van der Waals surface area (Å²) in [6.07, 6.45) is 1.17. The molecule has 2 heterocycles. The molecule has 6 heteroatoms. The molecule has 1 atom stereocenters. The summed E-state index contributed by atoms with van der Waals surface area (Å²) in [6.45, 7) is 12.8. The Bertz CT molecular complexity index is 992. The monoisotopic (exact) mass is 396 g/mol. The number of nitrogens with one attached hydrogen (secondary N) is 1. The van der Waals surface area contributed by atoms with Crippen molar-refractivity contribution in [3.63, 3.8) is 0 Å². The molecule has 0 aliphatic carbocycles. The number of nitrogens with zero attached hydrogens (tertiary/aromatic N) is 1. The first-order valence-corrected chi connectivity index (χ1v) is 9.78. The van der Waals surface area contributed by atoms with Crippen LogP contribution in [0.1, 0.15) is 53.8 Å².